The molecule has 0 saturated carbocycles. The fourth-order valence-electron chi connectivity index (χ4n) is 1.78. The van der Waals surface area contributed by atoms with Crippen molar-refractivity contribution in [3.05, 3.63) is 29.8 Å². The Morgan fingerprint density at radius 2 is 1.84 bits per heavy atom. The molecule has 25 heavy (non-hydrogen) atoms. The Hall–Kier alpha value is -3.05. The molecule has 0 unspecified atom stereocenters. The number of carboxylic acid groups (broad SMARTS) is 1. The van der Waals surface area contributed by atoms with Gasteiger partial charge in [0, 0.05) is 18.5 Å². The molecule has 0 fully saturated rings. The third kappa shape index (κ3) is 8.98. The minimum Gasteiger partial charge on any atom is -0.481 e. The minimum absolute atomic E-state index is 0. The summed E-state index contributed by atoms with van der Waals surface area (Å²) in [5, 5.41) is 17.0. The molecule has 2 amide bonds. The van der Waals surface area contributed by atoms with Crippen LogP contribution in [0.3, 0.4) is 0 Å². The maximum absolute atomic E-state index is 11.8. The van der Waals surface area contributed by atoms with E-state index in [0.717, 1.165) is 5.56 Å². The first-order chi connectivity index (χ1) is 11.4. The van der Waals surface area contributed by atoms with E-state index in [1.54, 1.807) is 24.3 Å². The first-order valence-corrected chi connectivity index (χ1v) is 7.05. The lowest BCUT2D eigenvalue weighted by molar-refractivity contribution is -0.137. The molecule has 0 aliphatic carbocycles. The van der Waals surface area contributed by atoms with Crippen LogP contribution in [0, 0.1) is 12.3 Å². The molecule has 1 atom stereocenters. The van der Waals surface area contributed by atoms with E-state index in [1.165, 1.54) is 6.21 Å². The Morgan fingerprint density at radius 1 is 1.24 bits per heavy atom. The SMILES string of the molecule is C#C[C@H](CC(=O)O)NC(=O)CCC(=O)Nc1ccc(C=NN)cc1.Cl. The number of nitrogens with one attached hydrogen (secondary N) is 2. The number of nitrogens with two attached hydrogens (primary N) is 1. The van der Waals surface area contributed by atoms with Crippen molar-refractivity contribution in [2.75, 3.05) is 5.32 Å². The van der Waals surface area contributed by atoms with Crippen LogP contribution in [0.15, 0.2) is 29.4 Å². The molecule has 0 aliphatic heterocycles. The lowest BCUT2D eigenvalue weighted by Crippen LogP contribution is -2.35. The van der Waals surface area contributed by atoms with Crippen LogP contribution in [0.1, 0.15) is 24.8 Å². The van der Waals surface area contributed by atoms with E-state index in [2.05, 4.69) is 21.7 Å². The largest absolute Gasteiger partial charge is 0.481 e. The fourth-order valence-corrected chi connectivity index (χ4v) is 1.78. The lowest BCUT2D eigenvalue weighted by atomic mass is 10.2. The highest BCUT2D eigenvalue weighted by molar-refractivity contribution is 5.93. The molecule has 0 spiro atoms. The van der Waals surface area contributed by atoms with Crippen LogP contribution in [-0.4, -0.2) is 35.1 Å². The number of halogens is 1. The third-order valence-corrected chi connectivity index (χ3v) is 2.91. The van der Waals surface area contributed by atoms with Crippen LogP contribution in [0.2, 0.25) is 0 Å². The van der Waals surface area contributed by atoms with Crippen LogP contribution in [0.5, 0.6) is 0 Å². The Morgan fingerprint density at radius 3 is 2.36 bits per heavy atom. The first kappa shape index (κ1) is 21.9. The van der Waals surface area contributed by atoms with Crippen molar-refractivity contribution in [1.29, 1.82) is 0 Å². The molecule has 1 rings (SSSR count). The first-order valence-electron chi connectivity index (χ1n) is 7.05. The molecule has 0 heterocycles. The van der Waals surface area contributed by atoms with Crippen LogP contribution >= 0.6 is 12.4 Å². The second-order valence-electron chi connectivity index (χ2n) is 4.83. The van der Waals surface area contributed by atoms with Gasteiger partial charge in [-0.1, -0.05) is 18.1 Å². The average molecular weight is 367 g/mol. The summed E-state index contributed by atoms with van der Waals surface area (Å²) in [6.45, 7) is 0. The minimum atomic E-state index is -1.11. The molecule has 0 bridgehead atoms. The topological polar surface area (TPSA) is 134 Å². The van der Waals surface area contributed by atoms with E-state index in [4.69, 9.17) is 17.4 Å². The summed E-state index contributed by atoms with van der Waals surface area (Å²) in [6.07, 6.45) is 6.09. The van der Waals surface area contributed by atoms with Crippen LogP contribution < -0.4 is 16.5 Å². The quantitative estimate of drug-likeness (QED) is 0.233. The Bertz CT molecular complexity index is 668. The molecular weight excluding hydrogens is 348 g/mol. The molecular formula is C16H19ClN4O4. The average Bonchev–Trinajstić information content (AvgIpc) is 2.54. The second kappa shape index (κ2) is 11.5. The predicted molar refractivity (Wildman–Crippen MR) is 96.4 cm³/mol. The maximum atomic E-state index is 11.8. The zero-order chi connectivity index (χ0) is 17.9. The summed E-state index contributed by atoms with van der Waals surface area (Å²) in [5.74, 6) is 5.27. The van der Waals surface area contributed by atoms with Crippen LogP contribution in [-0.2, 0) is 14.4 Å². The van der Waals surface area contributed by atoms with E-state index in [1.807, 2.05) is 0 Å². The van der Waals surface area contributed by atoms with Crippen molar-refractivity contribution in [3.8, 4) is 12.3 Å². The van der Waals surface area contributed by atoms with Gasteiger partial charge in [0.15, 0.2) is 0 Å². The number of anilines is 1. The smallest absolute Gasteiger partial charge is 0.306 e. The number of hydrazone groups is 1. The van der Waals surface area contributed by atoms with Crippen molar-refractivity contribution in [1.82, 2.24) is 5.32 Å². The summed E-state index contributed by atoms with van der Waals surface area (Å²) in [7, 11) is 0. The predicted octanol–water partition coefficient (Wildman–Crippen LogP) is 0.712. The Labute approximate surface area is 151 Å². The number of aliphatic carboxylic acids is 1. The van der Waals surface area contributed by atoms with Gasteiger partial charge < -0.3 is 21.6 Å². The summed E-state index contributed by atoms with van der Waals surface area (Å²) < 4.78 is 0. The Balaban J connectivity index is 0.00000576. The number of nitrogens with zero attached hydrogens (tertiary/aromatic N) is 1. The van der Waals surface area contributed by atoms with E-state index >= 15 is 0 Å². The molecule has 5 N–H and O–H groups in total. The molecule has 1 aromatic carbocycles. The van der Waals surface area contributed by atoms with Crippen molar-refractivity contribution >= 4 is 42.1 Å². The van der Waals surface area contributed by atoms with Crippen molar-refractivity contribution in [3.63, 3.8) is 0 Å². The lowest BCUT2D eigenvalue weighted by Gasteiger charge is -2.11. The van der Waals surface area contributed by atoms with Gasteiger partial charge in [0.1, 0.15) is 6.04 Å². The van der Waals surface area contributed by atoms with Crippen molar-refractivity contribution < 1.29 is 19.5 Å². The van der Waals surface area contributed by atoms with Gasteiger partial charge in [-0.15, -0.1) is 18.8 Å². The molecule has 0 radical (unpaired) electrons. The highest BCUT2D eigenvalue weighted by Gasteiger charge is 2.14. The number of hydrogen-bond acceptors (Lipinski definition) is 5. The van der Waals surface area contributed by atoms with Crippen LogP contribution in [0.4, 0.5) is 5.69 Å². The summed E-state index contributed by atoms with van der Waals surface area (Å²) in [5.41, 5.74) is 1.36. The fraction of sp³-hybridized carbons (Fsp3) is 0.250. The standard InChI is InChI=1S/C16H18N4O4.ClH/c1-2-12(9-16(23)24)19-14(21)7-8-15(22)20-13-5-3-11(4-6-13)10-18-17;/h1,3-6,10,12H,7-9,17H2,(H,19,21)(H,20,22)(H,23,24);1H/t12-;/m1./s1. The van der Waals surface area contributed by atoms with Gasteiger partial charge in [-0.25, -0.2) is 0 Å². The zero-order valence-electron chi connectivity index (χ0n) is 13.3. The summed E-state index contributed by atoms with van der Waals surface area (Å²) in [4.78, 5) is 34.0. The maximum Gasteiger partial charge on any atom is 0.306 e. The van der Waals surface area contributed by atoms with E-state index < -0.39 is 17.9 Å². The number of terminal acetylenes is 1. The van der Waals surface area contributed by atoms with Crippen molar-refractivity contribution in [2.45, 2.75) is 25.3 Å². The van der Waals surface area contributed by atoms with Crippen molar-refractivity contribution in [2.24, 2.45) is 10.9 Å². The monoisotopic (exact) mass is 366 g/mol. The summed E-state index contributed by atoms with van der Waals surface area (Å²) >= 11 is 0. The number of carbonyl (C=O) groups is 3. The molecule has 0 aromatic heterocycles. The van der Waals surface area contributed by atoms with Gasteiger partial charge in [0.25, 0.3) is 0 Å². The molecule has 0 aliphatic rings. The number of carboxylic acids is 1. The molecule has 134 valence electrons. The third-order valence-electron chi connectivity index (χ3n) is 2.91. The number of benzene rings is 1. The molecule has 8 nitrogen and oxygen atoms in total. The number of carbonyl (C=O) groups excluding carboxylic acids is 2. The van der Waals surface area contributed by atoms with E-state index in [-0.39, 0.29) is 37.6 Å². The molecule has 9 heteroatoms. The van der Waals surface area contributed by atoms with E-state index in [9.17, 15) is 14.4 Å². The Kier molecular flexibility index (Phi) is 10.1. The number of rotatable bonds is 8. The normalized spacial score (nSPS) is 11.0. The van der Waals surface area contributed by atoms with Crippen LogP contribution in [0.25, 0.3) is 0 Å². The molecule has 1 aromatic rings. The number of amides is 2. The van der Waals surface area contributed by atoms with Gasteiger partial charge in [0.2, 0.25) is 11.8 Å². The summed E-state index contributed by atoms with van der Waals surface area (Å²) in [6, 6.07) is 5.91. The van der Waals surface area contributed by atoms with Gasteiger partial charge in [0.05, 0.1) is 12.6 Å². The van der Waals surface area contributed by atoms with Gasteiger partial charge >= 0.3 is 5.97 Å². The second-order valence-corrected chi connectivity index (χ2v) is 4.83. The highest BCUT2D eigenvalue weighted by atomic mass is 35.5. The number of hydrogen-bond donors (Lipinski definition) is 4. The van der Waals surface area contributed by atoms with Gasteiger partial charge in [-0.2, -0.15) is 5.10 Å². The van der Waals surface area contributed by atoms with Gasteiger partial charge in [-0.3, -0.25) is 14.4 Å². The molecule has 0 saturated heterocycles. The zero-order valence-corrected chi connectivity index (χ0v) is 14.1. The highest BCUT2D eigenvalue weighted by Crippen LogP contribution is 2.09. The van der Waals surface area contributed by atoms with E-state index in [0.29, 0.717) is 5.69 Å². The van der Waals surface area contributed by atoms with Gasteiger partial charge in [-0.05, 0) is 17.7 Å².